The fourth-order valence-corrected chi connectivity index (χ4v) is 4.09. The maximum Gasteiger partial charge on any atom is 0.316 e. The fourth-order valence-electron chi connectivity index (χ4n) is 3.23. The van der Waals surface area contributed by atoms with Crippen LogP contribution in [0, 0.1) is 11.3 Å². The van der Waals surface area contributed by atoms with Crippen molar-refractivity contribution in [1.82, 2.24) is 4.98 Å². The van der Waals surface area contributed by atoms with Crippen molar-refractivity contribution in [3.8, 4) is 6.07 Å². The number of anilines is 1. The van der Waals surface area contributed by atoms with E-state index < -0.39 is 11.2 Å². The Balaban J connectivity index is 2.07. The van der Waals surface area contributed by atoms with E-state index in [2.05, 4.69) is 11.0 Å². The van der Waals surface area contributed by atoms with Gasteiger partial charge in [0.25, 0.3) is 0 Å². The van der Waals surface area contributed by atoms with Gasteiger partial charge in [-0.15, -0.1) is 0 Å². The number of carboxylic acids is 1. The topological polar surface area (TPSA) is 86.5 Å². The van der Waals surface area contributed by atoms with Gasteiger partial charge in [-0.3, -0.25) is 4.79 Å². The molecule has 0 radical (unpaired) electrons. The van der Waals surface area contributed by atoms with Gasteiger partial charge in [-0.1, -0.05) is 11.8 Å². The second-order valence-corrected chi connectivity index (χ2v) is 7.42. The first-order valence-electron chi connectivity index (χ1n) is 8.29. The summed E-state index contributed by atoms with van der Waals surface area (Å²) in [6.07, 6.45) is 3.97. The highest BCUT2D eigenvalue weighted by Crippen LogP contribution is 2.37. The van der Waals surface area contributed by atoms with Gasteiger partial charge < -0.3 is 14.7 Å². The van der Waals surface area contributed by atoms with E-state index in [1.54, 1.807) is 6.92 Å². The van der Waals surface area contributed by atoms with Crippen LogP contribution in [0.3, 0.4) is 0 Å². The second-order valence-electron chi connectivity index (χ2n) is 6.09. The smallest absolute Gasteiger partial charge is 0.316 e. The molecule has 1 atom stereocenters. The Kier molecular flexibility index (Phi) is 5.27. The molecule has 0 spiro atoms. The molecule has 1 aromatic heterocycles. The Bertz CT molecular complexity index is 681. The third-order valence-electron chi connectivity index (χ3n) is 4.52. The van der Waals surface area contributed by atoms with Crippen LogP contribution in [0.15, 0.2) is 5.03 Å². The van der Waals surface area contributed by atoms with Crippen LogP contribution in [0.1, 0.15) is 36.5 Å². The van der Waals surface area contributed by atoms with Crippen molar-refractivity contribution in [2.24, 2.45) is 0 Å². The molecule has 1 aliphatic heterocycles. The molecule has 2 heterocycles. The fraction of sp³-hybridized carbons (Fsp3) is 0.588. The van der Waals surface area contributed by atoms with Gasteiger partial charge >= 0.3 is 5.97 Å². The summed E-state index contributed by atoms with van der Waals surface area (Å²) < 4.78 is 5.43. The average molecular weight is 347 g/mol. The highest BCUT2D eigenvalue weighted by molar-refractivity contribution is 8.00. The lowest BCUT2D eigenvalue weighted by Crippen LogP contribution is -2.38. The van der Waals surface area contributed by atoms with Crippen LogP contribution < -0.4 is 4.90 Å². The van der Waals surface area contributed by atoms with Crippen molar-refractivity contribution in [1.29, 1.82) is 5.26 Å². The van der Waals surface area contributed by atoms with E-state index in [0.29, 0.717) is 23.8 Å². The number of morpholine rings is 1. The first-order valence-corrected chi connectivity index (χ1v) is 9.17. The predicted octanol–water partition coefficient (Wildman–Crippen LogP) is 2.23. The molecule has 1 aliphatic carbocycles. The maximum atomic E-state index is 11.2. The lowest BCUT2D eigenvalue weighted by Gasteiger charge is -2.32. The predicted molar refractivity (Wildman–Crippen MR) is 91.6 cm³/mol. The molecule has 0 unspecified atom stereocenters. The summed E-state index contributed by atoms with van der Waals surface area (Å²) in [5, 5.41) is 18.8. The van der Waals surface area contributed by atoms with Gasteiger partial charge in [0.2, 0.25) is 0 Å². The molecule has 7 heteroatoms. The van der Waals surface area contributed by atoms with Gasteiger partial charge in [0.05, 0.1) is 18.8 Å². The van der Waals surface area contributed by atoms with Gasteiger partial charge in [0.1, 0.15) is 22.2 Å². The first kappa shape index (κ1) is 17.1. The van der Waals surface area contributed by atoms with E-state index in [1.165, 1.54) is 5.56 Å². The number of ether oxygens (including phenoxy) is 1. The summed E-state index contributed by atoms with van der Waals surface area (Å²) >= 11 is 1.16. The van der Waals surface area contributed by atoms with E-state index in [0.717, 1.165) is 61.9 Å². The zero-order valence-corrected chi connectivity index (χ0v) is 14.6. The van der Waals surface area contributed by atoms with Crippen molar-refractivity contribution >= 4 is 23.5 Å². The minimum Gasteiger partial charge on any atom is -0.480 e. The summed E-state index contributed by atoms with van der Waals surface area (Å²) in [5.41, 5.74) is 2.81. The largest absolute Gasteiger partial charge is 0.480 e. The minimum atomic E-state index is -0.892. The van der Waals surface area contributed by atoms with Crippen LogP contribution in [-0.2, 0) is 22.4 Å². The summed E-state index contributed by atoms with van der Waals surface area (Å²) in [7, 11) is 0. The summed E-state index contributed by atoms with van der Waals surface area (Å²) in [4.78, 5) is 18.2. The lowest BCUT2D eigenvalue weighted by atomic mass is 9.89. The summed E-state index contributed by atoms with van der Waals surface area (Å²) in [6.45, 7) is 4.53. The molecular formula is C17H21N3O3S. The molecule has 2 aliphatic rings. The molecule has 128 valence electrons. The summed E-state index contributed by atoms with van der Waals surface area (Å²) in [6, 6.07) is 2.28. The molecule has 0 amide bonds. The quantitative estimate of drug-likeness (QED) is 0.836. The molecule has 3 rings (SSSR count). The third-order valence-corrected chi connectivity index (χ3v) is 5.59. The Morgan fingerprint density at radius 3 is 2.62 bits per heavy atom. The standard InChI is InChI=1S/C17H21N3O3S/c1-11(17(21)22)24-16-14(10-18)12-4-2-3-5-13(12)15(19-16)20-6-8-23-9-7-20/h11H,2-9H2,1H3,(H,21,22)/t11-/m1/s1. The monoisotopic (exact) mass is 347 g/mol. The molecule has 0 aromatic carbocycles. The number of pyridine rings is 1. The minimum absolute atomic E-state index is 0.551. The molecular weight excluding hydrogens is 326 g/mol. The van der Waals surface area contributed by atoms with Gasteiger partial charge in [-0.25, -0.2) is 4.98 Å². The number of thioether (sulfide) groups is 1. The second kappa shape index (κ2) is 7.41. The number of carbonyl (C=O) groups is 1. The van der Waals surface area contributed by atoms with Crippen molar-refractivity contribution in [3.63, 3.8) is 0 Å². The van der Waals surface area contributed by atoms with Gasteiger partial charge in [-0.2, -0.15) is 5.26 Å². The van der Waals surface area contributed by atoms with Crippen molar-refractivity contribution in [2.75, 3.05) is 31.2 Å². The first-order chi connectivity index (χ1) is 11.6. The maximum absolute atomic E-state index is 11.2. The van der Waals surface area contributed by atoms with Crippen LogP contribution >= 0.6 is 11.8 Å². The Morgan fingerprint density at radius 2 is 2.00 bits per heavy atom. The number of nitriles is 1. The van der Waals surface area contributed by atoms with Gasteiger partial charge in [-0.05, 0) is 43.7 Å². The molecule has 1 saturated heterocycles. The highest BCUT2D eigenvalue weighted by atomic mass is 32.2. The molecule has 1 aromatic rings. The number of nitrogens with zero attached hydrogens (tertiary/aromatic N) is 3. The molecule has 1 N–H and O–H groups in total. The number of rotatable bonds is 4. The van der Waals surface area contributed by atoms with Crippen LogP contribution in [0.25, 0.3) is 0 Å². The lowest BCUT2D eigenvalue weighted by molar-refractivity contribution is -0.136. The third kappa shape index (κ3) is 3.35. The molecule has 0 bridgehead atoms. The van der Waals surface area contributed by atoms with Gasteiger partial charge in [0, 0.05) is 13.1 Å². The van der Waals surface area contributed by atoms with Crippen LogP contribution in [0.5, 0.6) is 0 Å². The molecule has 6 nitrogen and oxygen atoms in total. The van der Waals surface area contributed by atoms with Crippen LogP contribution in [0.2, 0.25) is 0 Å². The number of aromatic nitrogens is 1. The normalized spacial score (nSPS) is 18.6. The zero-order chi connectivity index (χ0) is 17.1. The van der Waals surface area contributed by atoms with Gasteiger partial charge in [0.15, 0.2) is 0 Å². The van der Waals surface area contributed by atoms with Crippen LogP contribution in [-0.4, -0.2) is 47.6 Å². The van der Waals surface area contributed by atoms with E-state index >= 15 is 0 Å². The van der Waals surface area contributed by atoms with E-state index in [1.807, 2.05) is 0 Å². The SMILES string of the molecule is C[C@@H](Sc1nc(N2CCOCC2)c2c(c1C#N)CCCC2)C(=O)O. The molecule has 1 fully saturated rings. The Hall–Kier alpha value is -1.78. The summed E-state index contributed by atoms with van der Waals surface area (Å²) in [5.74, 6) is 0.0309. The van der Waals surface area contributed by atoms with Crippen LogP contribution in [0.4, 0.5) is 5.82 Å². The van der Waals surface area contributed by atoms with E-state index in [4.69, 9.17) is 9.72 Å². The zero-order valence-electron chi connectivity index (χ0n) is 13.7. The highest BCUT2D eigenvalue weighted by Gasteiger charge is 2.27. The Morgan fingerprint density at radius 1 is 1.33 bits per heavy atom. The van der Waals surface area contributed by atoms with Crippen molar-refractivity contribution < 1.29 is 14.6 Å². The molecule has 0 saturated carbocycles. The number of carboxylic acid groups (broad SMARTS) is 1. The van der Waals surface area contributed by atoms with Crippen molar-refractivity contribution in [3.05, 3.63) is 16.7 Å². The average Bonchev–Trinajstić information content (AvgIpc) is 2.61. The van der Waals surface area contributed by atoms with E-state index in [9.17, 15) is 15.2 Å². The number of hydrogen-bond acceptors (Lipinski definition) is 6. The number of aliphatic carboxylic acids is 1. The number of fused-ring (bicyclic) bond motifs is 1. The van der Waals surface area contributed by atoms with E-state index in [-0.39, 0.29) is 0 Å². The molecule has 24 heavy (non-hydrogen) atoms. The number of hydrogen-bond donors (Lipinski definition) is 1. The van der Waals surface area contributed by atoms with Crippen molar-refractivity contribution in [2.45, 2.75) is 42.9 Å². The Labute approximate surface area is 145 Å².